The summed E-state index contributed by atoms with van der Waals surface area (Å²) >= 11 is 0. The van der Waals surface area contributed by atoms with Gasteiger partial charge in [-0.2, -0.15) is 0 Å². The molecule has 3 aromatic rings. The molecule has 1 saturated heterocycles. The SMILES string of the molecule is CC(C(N)=O)C1CCN(c2ccc(-c3ccccc3)c(F)c2)CC1c1ccccc1. The van der Waals surface area contributed by atoms with Gasteiger partial charge in [-0.05, 0) is 41.7 Å². The van der Waals surface area contributed by atoms with Crippen molar-refractivity contribution in [1.29, 1.82) is 0 Å². The van der Waals surface area contributed by atoms with Crippen LogP contribution < -0.4 is 10.6 Å². The molecule has 0 spiro atoms. The van der Waals surface area contributed by atoms with Crippen LogP contribution >= 0.6 is 0 Å². The minimum atomic E-state index is -0.257. The molecule has 30 heavy (non-hydrogen) atoms. The lowest BCUT2D eigenvalue weighted by Crippen LogP contribution is -2.44. The van der Waals surface area contributed by atoms with E-state index in [4.69, 9.17) is 5.73 Å². The van der Waals surface area contributed by atoms with Crippen molar-refractivity contribution in [1.82, 2.24) is 0 Å². The Morgan fingerprint density at radius 2 is 1.70 bits per heavy atom. The molecule has 0 radical (unpaired) electrons. The molecule has 1 amide bonds. The summed E-state index contributed by atoms with van der Waals surface area (Å²) in [5.41, 5.74) is 9.19. The fourth-order valence-corrected chi connectivity index (χ4v) is 4.62. The summed E-state index contributed by atoms with van der Waals surface area (Å²) in [7, 11) is 0. The number of primary amides is 1. The minimum Gasteiger partial charge on any atom is -0.371 e. The molecule has 1 fully saturated rings. The highest BCUT2D eigenvalue weighted by Crippen LogP contribution is 2.39. The average molecular weight is 403 g/mol. The molecule has 1 aliphatic rings. The monoisotopic (exact) mass is 402 g/mol. The second kappa shape index (κ2) is 8.70. The van der Waals surface area contributed by atoms with Crippen LogP contribution in [-0.4, -0.2) is 19.0 Å². The Labute approximate surface area is 177 Å². The molecule has 0 aliphatic carbocycles. The van der Waals surface area contributed by atoms with E-state index >= 15 is 0 Å². The number of amides is 1. The molecule has 0 bridgehead atoms. The van der Waals surface area contributed by atoms with Gasteiger partial charge >= 0.3 is 0 Å². The molecule has 3 aromatic carbocycles. The van der Waals surface area contributed by atoms with Crippen LogP contribution in [0.5, 0.6) is 0 Å². The molecule has 154 valence electrons. The normalized spacial score (nSPS) is 20.0. The Morgan fingerprint density at radius 1 is 1.03 bits per heavy atom. The third-order valence-corrected chi connectivity index (χ3v) is 6.39. The summed E-state index contributed by atoms with van der Waals surface area (Å²) in [6.07, 6.45) is 0.839. The summed E-state index contributed by atoms with van der Waals surface area (Å²) in [6, 6.07) is 25.3. The summed E-state index contributed by atoms with van der Waals surface area (Å²) in [4.78, 5) is 14.1. The van der Waals surface area contributed by atoms with Crippen molar-refractivity contribution in [2.24, 2.45) is 17.6 Å². The number of anilines is 1. The first-order chi connectivity index (χ1) is 14.5. The predicted molar refractivity (Wildman–Crippen MR) is 120 cm³/mol. The van der Waals surface area contributed by atoms with Crippen molar-refractivity contribution in [2.45, 2.75) is 19.3 Å². The molecule has 4 rings (SSSR count). The van der Waals surface area contributed by atoms with E-state index in [1.807, 2.05) is 67.6 Å². The van der Waals surface area contributed by atoms with Gasteiger partial charge in [0.15, 0.2) is 0 Å². The fraction of sp³-hybridized carbons (Fsp3) is 0.269. The van der Waals surface area contributed by atoms with Crippen LogP contribution in [0.3, 0.4) is 0 Å². The van der Waals surface area contributed by atoms with Gasteiger partial charge in [0.2, 0.25) is 5.91 Å². The van der Waals surface area contributed by atoms with Crippen LogP contribution in [0.15, 0.2) is 78.9 Å². The number of hydrogen-bond donors (Lipinski definition) is 1. The quantitative estimate of drug-likeness (QED) is 0.636. The van der Waals surface area contributed by atoms with Gasteiger partial charge in [0.25, 0.3) is 0 Å². The van der Waals surface area contributed by atoms with E-state index < -0.39 is 0 Å². The molecule has 1 heterocycles. The number of carbonyl (C=O) groups excluding carboxylic acids is 1. The molecule has 4 heteroatoms. The van der Waals surface area contributed by atoms with E-state index in [0.717, 1.165) is 30.8 Å². The van der Waals surface area contributed by atoms with Crippen LogP contribution in [0.4, 0.5) is 10.1 Å². The molecule has 3 unspecified atom stereocenters. The second-order valence-corrected chi connectivity index (χ2v) is 8.14. The highest BCUT2D eigenvalue weighted by atomic mass is 19.1. The number of rotatable bonds is 5. The Morgan fingerprint density at radius 3 is 2.33 bits per heavy atom. The van der Waals surface area contributed by atoms with Gasteiger partial charge in [-0.25, -0.2) is 4.39 Å². The van der Waals surface area contributed by atoms with E-state index in [2.05, 4.69) is 17.0 Å². The first-order valence-electron chi connectivity index (χ1n) is 10.5. The van der Waals surface area contributed by atoms with Crippen LogP contribution in [0.25, 0.3) is 11.1 Å². The molecular formula is C26H27FN2O. The van der Waals surface area contributed by atoms with Crippen LogP contribution in [-0.2, 0) is 4.79 Å². The number of carbonyl (C=O) groups is 1. The van der Waals surface area contributed by atoms with Crippen molar-refractivity contribution in [3.63, 3.8) is 0 Å². The maximum absolute atomic E-state index is 14.9. The Bertz CT molecular complexity index is 1010. The number of nitrogens with zero attached hydrogens (tertiary/aromatic N) is 1. The zero-order chi connectivity index (χ0) is 21.1. The second-order valence-electron chi connectivity index (χ2n) is 8.14. The zero-order valence-corrected chi connectivity index (χ0v) is 17.2. The first-order valence-corrected chi connectivity index (χ1v) is 10.5. The third kappa shape index (κ3) is 4.09. The summed E-state index contributed by atoms with van der Waals surface area (Å²) in [5.74, 6) is -0.335. The Kier molecular flexibility index (Phi) is 5.84. The van der Waals surface area contributed by atoms with Gasteiger partial charge in [-0.15, -0.1) is 0 Å². The summed E-state index contributed by atoms with van der Waals surface area (Å²) in [6.45, 7) is 3.43. The van der Waals surface area contributed by atoms with Crippen LogP contribution in [0.2, 0.25) is 0 Å². The number of hydrogen-bond acceptors (Lipinski definition) is 2. The highest BCUT2D eigenvalue weighted by Gasteiger charge is 2.36. The largest absolute Gasteiger partial charge is 0.371 e. The predicted octanol–water partition coefficient (Wildman–Crippen LogP) is 5.22. The number of halogens is 1. The summed E-state index contributed by atoms with van der Waals surface area (Å²) < 4.78 is 14.9. The van der Waals surface area contributed by atoms with Gasteiger partial charge in [-0.3, -0.25) is 4.79 Å². The lowest BCUT2D eigenvalue weighted by molar-refractivity contribution is -0.123. The highest BCUT2D eigenvalue weighted by molar-refractivity contribution is 5.76. The Hall–Kier alpha value is -3.14. The van der Waals surface area contributed by atoms with E-state index in [1.54, 1.807) is 6.07 Å². The molecule has 0 saturated carbocycles. The standard InChI is InChI=1S/C26H27FN2O/c1-18(26(28)30)22-14-15-29(17-24(22)20-10-6-3-7-11-20)21-12-13-23(25(27)16-21)19-8-4-2-5-9-19/h2-13,16,18,22,24H,14-15,17H2,1H3,(H2,28,30). The van der Waals surface area contributed by atoms with Crippen molar-refractivity contribution in [3.05, 3.63) is 90.2 Å². The van der Waals surface area contributed by atoms with E-state index in [-0.39, 0.29) is 29.5 Å². The third-order valence-electron chi connectivity index (χ3n) is 6.39. The van der Waals surface area contributed by atoms with Gasteiger partial charge in [0.1, 0.15) is 5.82 Å². The van der Waals surface area contributed by atoms with Crippen molar-refractivity contribution in [2.75, 3.05) is 18.0 Å². The molecule has 3 atom stereocenters. The summed E-state index contributed by atoms with van der Waals surface area (Å²) in [5, 5.41) is 0. The minimum absolute atomic E-state index is 0.166. The van der Waals surface area contributed by atoms with Crippen LogP contribution in [0.1, 0.15) is 24.8 Å². The first kappa shape index (κ1) is 20.1. The maximum atomic E-state index is 14.9. The van der Waals surface area contributed by atoms with Crippen LogP contribution in [0, 0.1) is 17.7 Å². The molecule has 2 N–H and O–H groups in total. The van der Waals surface area contributed by atoms with Crippen molar-refractivity contribution >= 4 is 11.6 Å². The fourth-order valence-electron chi connectivity index (χ4n) is 4.62. The van der Waals surface area contributed by atoms with E-state index in [1.165, 1.54) is 5.56 Å². The lowest BCUT2D eigenvalue weighted by atomic mass is 9.74. The molecule has 0 aromatic heterocycles. The Balaban J connectivity index is 1.61. The number of piperidine rings is 1. The topological polar surface area (TPSA) is 46.3 Å². The zero-order valence-electron chi connectivity index (χ0n) is 17.2. The number of benzene rings is 3. The molecule has 3 nitrogen and oxygen atoms in total. The van der Waals surface area contributed by atoms with Gasteiger partial charge in [0, 0.05) is 36.2 Å². The van der Waals surface area contributed by atoms with Gasteiger partial charge in [0.05, 0.1) is 0 Å². The van der Waals surface area contributed by atoms with E-state index in [9.17, 15) is 9.18 Å². The smallest absolute Gasteiger partial charge is 0.220 e. The lowest BCUT2D eigenvalue weighted by Gasteiger charge is -2.42. The molecule has 1 aliphatic heterocycles. The average Bonchev–Trinajstić information content (AvgIpc) is 2.79. The van der Waals surface area contributed by atoms with Crippen molar-refractivity contribution < 1.29 is 9.18 Å². The van der Waals surface area contributed by atoms with E-state index in [0.29, 0.717) is 5.56 Å². The molecular weight excluding hydrogens is 375 g/mol. The maximum Gasteiger partial charge on any atom is 0.220 e. The number of nitrogens with two attached hydrogens (primary N) is 1. The van der Waals surface area contributed by atoms with Gasteiger partial charge < -0.3 is 10.6 Å². The van der Waals surface area contributed by atoms with Gasteiger partial charge in [-0.1, -0.05) is 67.6 Å². The van der Waals surface area contributed by atoms with Crippen molar-refractivity contribution in [3.8, 4) is 11.1 Å².